The zero-order valence-corrected chi connectivity index (χ0v) is 28.4. The monoisotopic (exact) mass is 650 g/mol. The Labute approximate surface area is 277 Å². The second kappa shape index (κ2) is 15.4. The minimum atomic E-state index is -1.61. The largest absolute Gasteiger partial charge is 0.490 e. The predicted molar refractivity (Wildman–Crippen MR) is 179 cm³/mol. The van der Waals surface area contributed by atoms with E-state index in [-0.39, 0.29) is 31.3 Å². The second-order valence-electron chi connectivity index (χ2n) is 12.3. The number of benzene rings is 3. The van der Waals surface area contributed by atoms with Gasteiger partial charge in [-0.25, -0.2) is 8.78 Å². The van der Waals surface area contributed by atoms with Crippen LogP contribution in [-0.4, -0.2) is 68.3 Å². The van der Waals surface area contributed by atoms with Gasteiger partial charge >= 0.3 is 0 Å². The van der Waals surface area contributed by atoms with Crippen molar-refractivity contribution in [2.45, 2.75) is 72.0 Å². The van der Waals surface area contributed by atoms with Gasteiger partial charge in [-0.2, -0.15) is 0 Å². The van der Waals surface area contributed by atoms with Crippen LogP contribution in [-0.2, 0) is 23.3 Å². The molecule has 0 aromatic heterocycles. The van der Waals surface area contributed by atoms with E-state index in [1.54, 1.807) is 13.0 Å². The van der Waals surface area contributed by atoms with Crippen LogP contribution in [0.4, 0.5) is 8.78 Å². The Morgan fingerprint density at radius 1 is 0.809 bits per heavy atom. The number of nitrogens with zero attached hydrogens (tertiary/aromatic N) is 2. The van der Waals surface area contributed by atoms with Crippen molar-refractivity contribution >= 4 is 5.91 Å². The van der Waals surface area contributed by atoms with Gasteiger partial charge in [0.25, 0.3) is 0 Å². The van der Waals surface area contributed by atoms with Gasteiger partial charge in [-0.05, 0) is 125 Å². The van der Waals surface area contributed by atoms with E-state index in [9.17, 15) is 9.18 Å². The lowest BCUT2D eigenvalue weighted by atomic mass is 9.85. The van der Waals surface area contributed by atoms with Crippen LogP contribution in [0.5, 0.6) is 23.0 Å². The fraction of sp³-hybridized carbons (Fsp3) is 0.500. The first kappa shape index (κ1) is 34.5. The molecular formula is C38H48F2N2O5. The summed E-state index contributed by atoms with van der Waals surface area (Å²) in [5.41, 5.74) is 2.65. The maximum atomic E-state index is 16.0. The van der Waals surface area contributed by atoms with Gasteiger partial charge in [0.2, 0.25) is 5.91 Å². The Morgan fingerprint density at radius 2 is 1.43 bits per heavy atom. The molecule has 0 aliphatic carbocycles. The molecule has 1 atom stereocenters. The lowest BCUT2D eigenvalue weighted by Crippen LogP contribution is -2.48. The number of carbonyl (C=O) groups excluding carboxylic acids is 1. The van der Waals surface area contributed by atoms with E-state index in [0.717, 1.165) is 16.7 Å². The standard InChI is InChI=1S/C38H48F2N2O5/c1-6-44-33-11-10-27(21-34(33)45-7-2)20-32-31-24-36(47-9-4)35(46-8-3)22-28(31)12-15-42(32)37(43)25-41-16-13-38(40,14-17-41)29-18-26(5)19-30(39)23-29/h10-11,18-19,21-24,32H,6-9,12-17,20,25H2,1-5H3. The van der Waals surface area contributed by atoms with Crippen LogP contribution in [0.2, 0.25) is 0 Å². The van der Waals surface area contributed by atoms with E-state index in [0.29, 0.717) is 93.0 Å². The Balaban J connectivity index is 1.40. The van der Waals surface area contributed by atoms with Crippen LogP contribution in [0.25, 0.3) is 0 Å². The first-order valence-corrected chi connectivity index (χ1v) is 17.0. The highest BCUT2D eigenvalue weighted by molar-refractivity contribution is 5.79. The topological polar surface area (TPSA) is 60.5 Å². The zero-order valence-electron chi connectivity index (χ0n) is 28.4. The van der Waals surface area contributed by atoms with Gasteiger partial charge in [0, 0.05) is 19.6 Å². The van der Waals surface area contributed by atoms with E-state index in [4.69, 9.17) is 18.9 Å². The Bertz CT molecular complexity index is 1520. The first-order valence-electron chi connectivity index (χ1n) is 17.0. The Kier molecular flexibility index (Phi) is 11.3. The number of alkyl halides is 1. The van der Waals surface area contributed by atoms with Crippen LogP contribution in [0, 0.1) is 12.7 Å². The van der Waals surface area contributed by atoms with Gasteiger partial charge in [0.1, 0.15) is 11.5 Å². The second-order valence-corrected chi connectivity index (χ2v) is 12.3. The van der Waals surface area contributed by atoms with Crippen LogP contribution >= 0.6 is 0 Å². The molecule has 1 amide bonds. The van der Waals surface area contributed by atoms with Gasteiger partial charge < -0.3 is 23.8 Å². The van der Waals surface area contributed by atoms with Crippen molar-refractivity contribution in [2.24, 2.45) is 0 Å². The maximum Gasteiger partial charge on any atom is 0.237 e. The fourth-order valence-corrected chi connectivity index (χ4v) is 6.84. The Hall–Kier alpha value is -3.85. The molecule has 0 N–H and O–H groups in total. The summed E-state index contributed by atoms with van der Waals surface area (Å²) in [5.74, 6) is 2.32. The summed E-state index contributed by atoms with van der Waals surface area (Å²) in [6.45, 7) is 13.2. The third kappa shape index (κ3) is 8.00. The number of fused-ring (bicyclic) bond motifs is 1. The third-order valence-corrected chi connectivity index (χ3v) is 9.09. The number of hydrogen-bond acceptors (Lipinski definition) is 6. The molecule has 3 aromatic rings. The lowest BCUT2D eigenvalue weighted by molar-refractivity contribution is -0.136. The number of piperidine rings is 1. The Morgan fingerprint density at radius 3 is 2.06 bits per heavy atom. The quantitative estimate of drug-likeness (QED) is 0.193. The molecule has 0 spiro atoms. The summed E-state index contributed by atoms with van der Waals surface area (Å²) < 4.78 is 53.8. The number of amides is 1. The number of rotatable bonds is 13. The average molecular weight is 651 g/mol. The van der Waals surface area contributed by atoms with Crippen molar-refractivity contribution < 1.29 is 32.5 Å². The normalized spacial score (nSPS) is 17.6. The van der Waals surface area contributed by atoms with E-state index >= 15 is 4.39 Å². The average Bonchev–Trinajstić information content (AvgIpc) is 3.04. The number of likely N-dealkylation sites (tertiary alicyclic amines) is 1. The summed E-state index contributed by atoms with van der Waals surface area (Å²) in [6.07, 6.45) is 1.67. The van der Waals surface area contributed by atoms with Gasteiger partial charge in [-0.15, -0.1) is 0 Å². The molecule has 2 aliphatic rings. The highest BCUT2D eigenvalue weighted by atomic mass is 19.1. The molecule has 0 radical (unpaired) electrons. The zero-order chi connectivity index (χ0) is 33.6. The number of ether oxygens (including phenoxy) is 4. The molecule has 9 heteroatoms. The van der Waals surface area contributed by atoms with Gasteiger partial charge in [-0.3, -0.25) is 9.69 Å². The van der Waals surface area contributed by atoms with E-state index in [1.807, 2.05) is 61.8 Å². The van der Waals surface area contributed by atoms with Crippen LogP contribution in [0.15, 0.2) is 48.5 Å². The molecular weight excluding hydrogens is 602 g/mol. The van der Waals surface area contributed by atoms with Crippen molar-refractivity contribution in [3.63, 3.8) is 0 Å². The molecule has 0 bridgehead atoms. The van der Waals surface area contributed by atoms with Gasteiger partial charge in [0.15, 0.2) is 23.0 Å². The summed E-state index contributed by atoms with van der Waals surface area (Å²) in [7, 11) is 0. The molecule has 2 aliphatic heterocycles. The molecule has 254 valence electrons. The third-order valence-electron chi connectivity index (χ3n) is 9.09. The first-order chi connectivity index (χ1) is 22.7. The number of aryl methyl sites for hydroxylation is 1. The lowest BCUT2D eigenvalue weighted by Gasteiger charge is -2.41. The fourth-order valence-electron chi connectivity index (χ4n) is 6.84. The smallest absolute Gasteiger partial charge is 0.237 e. The summed E-state index contributed by atoms with van der Waals surface area (Å²) in [6, 6.07) is 14.2. The molecule has 47 heavy (non-hydrogen) atoms. The predicted octanol–water partition coefficient (Wildman–Crippen LogP) is 7.36. The summed E-state index contributed by atoms with van der Waals surface area (Å²) >= 11 is 0. The van der Waals surface area contributed by atoms with Crippen molar-refractivity contribution in [3.8, 4) is 23.0 Å². The molecule has 1 fully saturated rings. The highest BCUT2D eigenvalue weighted by Gasteiger charge is 2.39. The van der Waals surface area contributed by atoms with Crippen molar-refractivity contribution in [1.29, 1.82) is 0 Å². The minimum Gasteiger partial charge on any atom is -0.490 e. The molecule has 1 unspecified atom stereocenters. The van der Waals surface area contributed by atoms with Crippen molar-refractivity contribution in [3.05, 3.63) is 82.2 Å². The molecule has 7 nitrogen and oxygen atoms in total. The van der Waals surface area contributed by atoms with Gasteiger partial charge in [0.05, 0.1) is 39.0 Å². The van der Waals surface area contributed by atoms with E-state index in [1.165, 1.54) is 12.1 Å². The molecule has 2 heterocycles. The van der Waals surface area contributed by atoms with Crippen LogP contribution < -0.4 is 18.9 Å². The number of carbonyl (C=O) groups is 1. The minimum absolute atomic E-state index is 0.00331. The SMILES string of the molecule is CCOc1ccc(CC2c3cc(OCC)c(OCC)cc3CCN2C(=O)CN2CCC(F)(c3cc(C)cc(F)c3)CC2)cc1OCC. The maximum absolute atomic E-state index is 16.0. The van der Waals surface area contributed by atoms with Crippen molar-refractivity contribution in [2.75, 3.05) is 52.6 Å². The highest BCUT2D eigenvalue weighted by Crippen LogP contribution is 2.42. The van der Waals surface area contributed by atoms with E-state index in [2.05, 4.69) is 6.07 Å². The summed E-state index contributed by atoms with van der Waals surface area (Å²) in [5, 5.41) is 0. The van der Waals surface area contributed by atoms with Crippen molar-refractivity contribution in [1.82, 2.24) is 9.80 Å². The van der Waals surface area contributed by atoms with E-state index < -0.39 is 11.5 Å². The van der Waals surface area contributed by atoms with Gasteiger partial charge in [-0.1, -0.05) is 12.1 Å². The molecule has 0 saturated carbocycles. The van der Waals surface area contributed by atoms with Crippen LogP contribution in [0.1, 0.15) is 74.4 Å². The number of halogens is 2. The number of hydrogen-bond donors (Lipinski definition) is 0. The molecule has 3 aromatic carbocycles. The molecule has 5 rings (SSSR count). The van der Waals surface area contributed by atoms with Crippen LogP contribution in [0.3, 0.4) is 0 Å². The summed E-state index contributed by atoms with van der Waals surface area (Å²) in [4.78, 5) is 18.1. The molecule has 1 saturated heterocycles.